The van der Waals surface area contributed by atoms with Crippen molar-refractivity contribution in [3.8, 4) is 5.75 Å². The van der Waals surface area contributed by atoms with E-state index in [1.54, 1.807) is 25.1 Å². The van der Waals surface area contributed by atoms with Gasteiger partial charge < -0.3 is 10.1 Å². The van der Waals surface area contributed by atoms with E-state index in [9.17, 15) is 18.8 Å². The number of nitrogens with zero attached hydrogens (tertiary/aromatic N) is 1. The highest BCUT2D eigenvalue weighted by molar-refractivity contribution is 8.18. The minimum absolute atomic E-state index is 0.0161. The van der Waals surface area contributed by atoms with Gasteiger partial charge in [0, 0.05) is 18.7 Å². The van der Waals surface area contributed by atoms with Crippen molar-refractivity contribution in [2.45, 2.75) is 20.0 Å². The zero-order valence-corrected chi connectivity index (χ0v) is 17.4. The molecule has 0 spiro atoms. The van der Waals surface area contributed by atoms with Gasteiger partial charge in [-0.3, -0.25) is 19.3 Å². The number of rotatable bonds is 7. The molecule has 1 atom stereocenters. The Balaban J connectivity index is 1.53. The average molecular weight is 428 g/mol. The summed E-state index contributed by atoms with van der Waals surface area (Å²) in [5, 5.41) is 2.20. The molecule has 0 aromatic heterocycles. The molecule has 1 aliphatic heterocycles. The van der Waals surface area contributed by atoms with E-state index in [0.29, 0.717) is 5.75 Å². The fraction of sp³-hybridized carbons (Fsp3) is 0.227. The van der Waals surface area contributed by atoms with Gasteiger partial charge in [-0.2, -0.15) is 0 Å². The predicted octanol–water partition coefficient (Wildman–Crippen LogP) is 3.75. The van der Waals surface area contributed by atoms with Gasteiger partial charge in [0.1, 0.15) is 11.6 Å². The monoisotopic (exact) mass is 428 g/mol. The molecular weight excluding hydrogens is 407 g/mol. The van der Waals surface area contributed by atoms with Gasteiger partial charge in [0.2, 0.25) is 0 Å². The third-order valence-corrected chi connectivity index (χ3v) is 5.28. The normalized spacial score (nSPS) is 16.1. The highest BCUT2D eigenvalue weighted by Gasteiger charge is 2.34. The third kappa shape index (κ3) is 5.27. The van der Waals surface area contributed by atoms with Gasteiger partial charge in [0.25, 0.3) is 17.1 Å². The zero-order valence-electron chi connectivity index (χ0n) is 16.6. The van der Waals surface area contributed by atoms with E-state index >= 15 is 0 Å². The van der Waals surface area contributed by atoms with Crippen LogP contribution in [0.2, 0.25) is 0 Å². The maximum atomic E-state index is 13.8. The second-order valence-corrected chi connectivity index (χ2v) is 7.72. The molecule has 3 amide bonds. The number of ether oxygens (including phenoxy) is 1. The van der Waals surface area contributed by atoms with E-state index in [-0.39, 0.29) is 29.5 Å². The number of benzene rings is 2. The highest BCUT2D eigenvalue weighted by atomic mass is 32.2. The second-order valence-electron chi connectivity index (χ2n) is 6.72. The van der Waals surface area contributed by atoms with Gasteiger partial charge in [0.15, 0.2) is 6.10 Å². The number of hydrogen-bond donors (Lipinski definition) is 1. The Kier molecular flexibility index (Phi) is 6.89. The molecule has 0 radical (unpaired) electrons. The molecule has 2 aromatic carbocycles. The Labute approximate surface area is 178 Å². The van der Waals surface area contributed by atoms with Crippen LogP contribution in [0.5, 0.6) is 5.75 Å². The standard InChI is InChI=1S/C22H21FN2O4S/c1-14-6-5-8-17(12-14)29-15(2)20(26)24-10-11-25-21(27)19(30-22(25)28)13-16-7-3-4-9-18(16)23/h3-9,12-13,15H,10-11H2,1-2H3,(H,24,26)/b19-13-. The van der Waals surface area contributed by atoms with Crippen LogP contribution in [0, 0.1) is 12.7 Å². The van der Waals surface area contributed by atoms with E-state index < -0.39 is 23.1 Å². The van der Waals surface area contributed by atoms with Gasteiger partial charge >= 0.3 is 0 Å². The fourth-order valence-electron chi connectivity index (χ4n) is 2.81. The van der Waals surface area contributed by atoms with Crippen LogP contribution in [-0.2, 0) is 9.59 Å². The number of hydrogen-bond acceptors (Lipinski definition) is 5. The zero-order chi connectivity index (χ0) is 21.7. The molecule has 1 unspecified atom stereocenters. The smallest absolute Gasteiger partial charge is 0.293 e. The molecule has 0 bridgehead atoms. The predicted molar refractivity (Wildman–Crippen MR) is 113 cm³/mol. The van der Waals surface area contributed by atoms with Crippen molar-refractivity contribution in [1.29, 1.82) is 0 Å². The first kappa shape index (κ1) is 21.6. The lowest BCUT2D eigenvalue weighted by atomic mass is 10.2. The first-order valence-electron chi connectivity index (χ1n) is 9.36. The number of halogens is 1. The summed E-state index contributed by atoms with van der Waals surface area (Å²) in [4.78, 5) is 38.0. The first-order chi connectivity index (χ1) is 14.3. The van der Waals surface area contributed by atoms with Crippen LogP contribution in [0.25, 0.3) is 6.08 Å². The lowest BCUT2D eigenvalue weighted by Gasteiger charge is -2.17. The summed E-state index contributed by atoms with van der Waals surface area (Å²) in [7, 11) is 0. The quantitative estimate of drug-likeness (QED) is 0.680. The van der Waals surface area contributed by atoms with Crippen molar-refractivity contribution in [2.24, 2.45) is 0 Å². The Morgan fingerprint density at radius 1 is 1.23 bits per heavy atom. The Morgan fingerprint density at radius 2 is 2.00 bits per heavy atom. The number of nitrogens with one attached hydrogen (secondary N) is 1. The van der Waals surface area contributed by atoms with Gasteiger partial charge in [-0.1, -0.05) is 30.3 Å². The molecule has 3 rings (SSSR count). The molecular formula is C22H21FN2O4S. The van der Waals surface area contributed by atoms with Gasteiger partial charge in [-0.05, 0) is 55.4 Å². The molecule has 8 heteroatoms. The maximum Gasteiger partial charge on any atom is 0.293 e. The van der Waals surface area contributed by atoms with Crippen molar-refractivity contribution in [3.63, 3.8) is 0 Å². The topological polar surface area (TPSA) is 75.7 Å². The van der Waals surface area contributed by atoms with Crippen molar-refractivity contribution >= 4 is 34.9 Å². The SMILES string of the molecule is Cc1cccc(OC(C)C(=O)NCCN2C(=O)S/C(=C\c3ccccc3F)C2=O)c1. The first-order valence-corrected chi connectivity index (χ1v) is 10.2. The summed E-state index contributed by atoms with van der Waals surface area (Å²) in [6.45, 7) is 3.65. The van der Waals surface area contributed by atoms with Gasteiger partial charge in [0.05, 0.1) is 4.91 Å². The number of aryl methyl sites for hydroxylation is 1. The van der Waals surface area contributed by atoms with Crippen LogP contribution >= 0.6 is 11.8 Å². The lowest BCUT2D eigenvalue weighted by molar-refractivity contribution is -0.128. The minimum Gasteiger partial charge on any atom is -0.481 e. The average Bonchev–Trinajstić information content (AvgIpc) is 2.97. The van der Waals surface area contributed by atoms with E-state index in [2.05, 4.69) is 5.32 Å². The molecule has 0 saturated carbocycles. The van der Waals surface area contributed by atoms with Crippen molar-refractivity contribution in [3.05, 3.63) is 70.4 Å². The molecule has 6 nitrogen and oxygen atoms in total. The number of carbonyl (C=O) groups excluding carboxylic acids is 3. The molecule has 2 aromatic rings. The van der Waals surface area contributed by atoms with Crippen LogP contribution < -0.4 is 10.1 Å². The summed E-state index contributed by atoms with van der Waals surface area (Å²) in [5.74, 6) is -0.752. The van der Waals surface area contributed by atoms with Crippen LogP contribution in [0.3, 0.4) is 0 Å². The van der Waals surface area contributed by atoms with E-state index in [4.69, 9.17) is 4.74 Å². The summed E-state index contributed by atoms with van der Waals surface area (Å²) in [6.07, 6.45) is 0.624. The molecule has 1 saturated heterocycles. The summed E-state index contributed by atoms with van der Waals surface area (Å²) in [6, 6.07) is 13.4. The number of carbonyl (C=O) groups is 3. The van der Waals surface area contributed by atoms with Crippen molar-refractivity contribution in [1.82, 2.24) is 10.2 Å². The van der Waals surface area contributed by atoms with Crippen LogP contribution in [-0.4, -0.2) is 41.1 Å². The van der Waals surface area contributed by atoms with Gasteiger partial charge in [-0.25, -0.2) is 4.39 Å². The Bertz CT molecular complexity index is 1010. The summed E-state index contributed by atoms with van der Waals surface area (Å²) < 4.78 is 19.4. The molecule has 1 heterocycles. The largest absolute Gasteiger partial charge is 0.481 e. The van der Waals surface area contributed by atoms with Crippen LogP contribution in [0.1, 0.15) is 18.1 Å². The Morgan fingerprint density at radius 3 is 2.73 bits per heavy atom. The highest BCUT2D eigenvalue weighted by Crippen LogP contribution is 2.32. The molecule has 30 heavy (non-hydrogen) atoms. The minimum atomic E-state index is -0.734. The van der Waals surface area contributed by atoms with Crippen LogP contribution in [0.4, 0.5) is 9.18 Å². The third-order valence-electron chi connectivity index (χ3n) is 4.37. The maximum absolute atomic E-state index is 13.8. The van der Waals surface area contributed by atoms with E-state index in [1.807, 2.05) is 25.1 Å². The number of amides is 3. The fourth-order valence-corrected chi connectivity index (χ4v) is 3.66. The van der Waals surface area contributed by atoms with Crippen molar-refractivity contribution < 1.29 is 23.5 Å². The Hall–Kier alpha value is -3.13. The summed E-state index contributed by atoms with van der Waals surface area (Å²) in [5.41, 5.74) is 1.25. The van der Waals surface area contributed by atoms with Crippen LogP contribution in [0.15, 0.2) is 53.4 Å². The second kappa shape index (κ2) is 9.58. The van der Waals surface area contributed by atoms with E-state index in [1.165, 1.54) is 18.2 Å². The molecule has 1 aliphatic rings. The van der Waals surface area contributed by atoms with E-state index in [0.717, 1.165) is 22.2 Å². The number of thioether (sulfide) groups is 1. The molecule has 1 N–H and O–H groups in total. The lowest BCUT2D eigenvalue weighted by Crippen LogP contribution is -2.41. The summed E-state index contributed by atoms with van der Waals surface area (Å²) >= 11 is 0.748. The number of imide groups is 1. The van der Waals surface area contributed by atoms with Gasteiger partial charge in [-0.15, -0.1) is 0 Å². The molecule has 156 valence electrons. The molecule has 1 fully saturated rings. The molecule has 0 aliphatic carbocycles. The van der Waals surface area contributed by atoms with Crippen molar-refractivity contribution in [2.75, 3.05) is 13.1 Å².